The van der Waals surface area contributed by atoms with Gasteiger partial charge < -0.3 is 10.1 Å². The minimum absolute atomic E-state index is 0.498. The molecule has 0 aliphatic heterocycles. The number of carbonyl (C=O) groups excluding carboxylic acids is 1. The Balaban J connectivity index is 1.82. The lowest BCUT2D eigenvalue weighted by molar-refractivity contribution is -0.121. The number of pyridine rings is 1. The monoisotopic (exact) mass is 338 g/mol. The average molecular weight is 338 g/mol. The smallest absolute Gasteiger partial charge is 0.259 e. The molecule has 0 bridgehead atoms. The zero-order valence-electron chi connectivity index (χ0n) is 14.1. The molecule has 1 heterocycles. The van der Waals surface area contributed by atoms with Gasteiger partial charge in [-0.05, 0) is 18.2 Å². The van der Waals surface area contributed by atoms with E-state index in [1.54, 1.807) is 43.5 Å². The number of aromatic nitrogens is 1. The number of nitrogens with one attached hydrogen (secondary N) is 1. The number of hydrogen-bond acceptors (Lipinski definition) is 3. The number of halogens is 1. The Kier molecular flexibility index (Phi) is 4.93. The first kappa shape index (κ1) is 16.9. The Morgan fingerprint density at radius 3 is 2.68 bits per heavy atom. The highest BCUT2D eigenvalue weighted by Gasteiger charge is 2.28. The molecule has 0 radical (unpaired) electrons. The van der Waals surface area contributed by atoms with E-state index in [1.165, 1.54) is 7.11 Å². The van der Waals surface area contributed by atoms with Crippen molar-refractivity contribution in [3.63, 3.8) is 0 Å². The third-order valence-corrected chi connectivity index (χ3v) is 4.21. The molecule has 0 aliphatic carbocycles. The Hall–Kier alpha value is -2.95. The molecule has 2 aromatic carbocycles. The highest BCUT2D eigenvalue weighted by molar-refractivity contribution is 6.02. The van der Waals surface area contributed by atoms with Gasteiger partial charge in [0.1, 0.15) is 5.75 Å². The molecule has 0 fully saturated rings. The van der Waals surface area contributed by atoms with Crippen LogP contribution in [0.25, 0.3) is 10.9 Å². The van der Waals surface area contributed by atoms with Crippen LogP contribution >= 0.6 is 0 Å². The van der Waals surface area contributed by atoms with Crippen LogP contribution in [0.5, 0.6) is 5.75 Å². The Morgan fingerprint density at radius 1 is 1.12 bits per heavy atom. The second kappa shape index (κ2) is 7.30. The number of hydrogen-bond donors (Lipinski definition) is 1. The number of carbonyl (C=O) groups is 1. The van der Waals surface area contributed by atoms with E-state index in [1.807, 2.05) is 24.3 Å². The van der Waals surface area contributed by atoms with Crippen molar-refractivity contribution in [2.45, 2.75) is 19.0 Å². The highest BCUT2D eigenvalue weighted by atomic mass is 19.1. The second-order valence-electron chi connectivity index (χ2n) is 5.80. The Labute approximate surface area is 145 Å². The van der Waals surface area contributed by atoms with Crippen molar-refractivity contribution in [1.82, 2.24) is 4.98 Å². The number of alkyl halides is 1. The SMILES string of the molecule is COc1ccccc1C(C)C(F)C(=O)Nc1cccc2cccnc12. The van der Waals surface area contributed by atoms with E-state index in [4.69, 9.17) is 4.74 Å². The minimum atomic E-state index is -1.71. The lowest BCUT2D eigenvalue weighted by Gasteiger charge is -2.19. The summed E-state index contributed by atoms with van der Waals surface area (Å²) in [6.07, 6.45) is -0.0715. The zero-order valence-corrected chi connectivity index (χ0v) is 14.1. The Bertz CT molecular complexity index is 892. The maximum absolute atomic E-state index is 14.8. The van der Waals surface area contributed by atoms with Crippen LogP contribution in [-0.4, -0.2) is 24.2 Å². The molecule has 0 saturated carbocycles. The van der Waals surface area contributed by atoms with Crippen molar-refractivity contribution in [1.29, 1.82) is 0 Å². The van der Waals surface area contributed by atoms with Crippen LogP contribution < -0.4 is 10.1 Å². The van der Waals surface area contributed by atoms with Gasteiger partial charge in [-0.25, -0.2) is 4.39 Å². The van der Waals surface area contributed by atoms with Crippen molar-refractivity contribution in [3.05, 3.63) is 66.4 Å². The topological polar surface area (TPSA) is 51.2 Å². The molecule has 3 aromatic rings. The number of anilines is 1. The predicted molar refractivity (Wildman–Crippen MR) is 96.7 cm³/mol. The molecule has 25 heavy (non-hydrogen) atoms. The lowest BCUT2D eigenvalue weighted by atomic mass is 9.94. The van der Waals surface area contributed by atoms with Crippen LogP contribution in [0.2, 0.25) is 0 Å². The molecule has 1 N–H and O–H groups in total. The fraction of sp³-hybridized carbons (Fsp3) is 0.200. The van der Waals surface area contributed by atoms with Gasteiger partial charge in [0, 0.05) is 23.1 Å². The van der Waals surface area contributed by atoms with Crippen molar-refractivity contribution in [3.8, 4) is 5.75 Å². The summed E-state index contributed by atoms with van der Waals surface area (Å²) in [7, 11) is 1.53. The number of rotatable bonds is 5. The van der Waals surface area contributed by atoms with E-state index >= 15 is 0 Å². The standard InChI is InChI=1S/C20H19FN2O2/c1-13(15-9-3-4-11-17(15)25-2)18(21)20(24)23-16-10-5-7-14-8-6-12-22-19(14)16/h3-13,18H,1-2H3,(H,23,24). The van der Waals surface area contributed by atoms with E-state index in [-0.39, 0.29) is 0 Å². The maximum atomic E-state index is 14.8. The molecule has 2 atom stereocenters. The van der Waals surface area contributed by atoms with Crippen molar-refractivity contribution >= 4 is 22.5 Å². The van der Waals surface area contributed by atoms with Gasteiger partial charge in [-0.2, -0.15) is 0 Å². The normalized spacial score (nSPS) is 13.2. The summed E-state index contributed by atoms with van der Waals surface area (Å²) in [4.78, 5) is 16.7. The molecule has 0 spiro atoms. The van der Waals surface area contributed by atoms with Crippen LogP contribution in [0, 0.1) is 0 Å². The molecule has 4 nitrogen and oxygen atoms in total. The lowest BCUT2D eigenvalue weighted by Crippen LogP contribution is -2.29. The van der Waals surface area contributed by atoms with Crippen LogP contribution in [0.1, 0.15) is 18.4 Å². The van der Waals surface area contributed by atoms with Gasteiger partial charge in [0.25, 0.3) is 5.91 Å². The summed E-state index contributed by atoms with van der Waals surface area (Å²) < 4.78 is 20.1. The molecule has 1 aromatic heterocycles. The summed E-state index contributed by atoms with van der Waals surface area (Å²) in [6, 6.07) is 16.2. The number of methoxy groups -OCH3 is 1. The maximum Gasteiger partial charge on any atom is 0.259 e. The quantitative estimate of drug-likeness (QED) is 0.753. The average Bonchev–Trinajstić information content (AvgIpc) is 2.67. The third-order valence-electron chi connectivity index (χ3n) is 4.21. The summed E-state index contributed by atoms with van der Waals surface area (Å²) in [5.74, 6) is -0.770. The fourth-order valence-electron chi connectivity index (χ4n) is 2.83. The van der Waals surface area contributed by atoms with E-state index in [0.717, 1.165) is 5.39 Å². The summed E-state index contributed by atoms with van der Waals surface area (Å²) in [5, 5.41) is 3.54. The van der Waals surface area contributed by atoms with Crippen molar-refractivity contribution in [2.24, 2.45) is 0 Å². The third kappa shape index (κ3) is 3.45. The number of amides is 1. The molecule has 1 amide bonds. The van der Waals surface area contributed by atoms with Gasteiger partial charge in [0.15, 0.2) is 6.17 Å². The van der Waals surface area contributed by atoms with Gasteiger partial charge in [0.2, 0.25) is 0 Å². The van der Waals surface area contributed by atoms with Gasteiger partial charge in [0.05, 0.1) is 18.3 Å². The van der Waals surface area contributed by atoms with Crippen molar-refractivity contribution in [2.75, 3.05) is 12.4 Å². The van der Waals surface area contributed by atoms with E-state index in [2.05, 4.69) is 10.3 Å². The van der Waals surface area contributed by atoms with Crippen LogP contribution in [-0.2, 0) is 4.79 Å². The number of nitrogens with zero attached hydrogens (tertiary/aromatic N) is 1. The molecular weight excluding hydrogens is 319 g/mol. The van der Waals surface area contributed by atoms with E-state index in [0.29, 0.717) is 22.5 Å². The first-order chi connectivity index (χ1) is 12.1. The molecule has 2 unspecified atom stereocenters. The van der Waals surface area contributed by atoms with Crippen LogP contribution in [0.4, 0.5) is 10.1 Å². The largest absolute Gasteiger partial charge is 0.496 e. The highest BCUT2D eigenvalue weighted by Crippen LogP contribution is 2.31. The van der Waals surface area contributed by atoms with Crippen LogP contribution in [0.15, 0.2) is 60.8 Å². The zero-order chi connectivity index (χ0) is 17.8. The molecule has 0 aliphatic rings. The fourth-order valence-corrected chi connectivity index (χ4v) is 2.83. The minimum Gasteiger partial charge on any atom is -0.496 e. The molecule has 5 heteroatoms. The number of para-hydroxylation sites is 2. The van der Waals surface area contributed by atoms with E-state index < -0.39 is 18.0 Å². The van der Waals surface area contributed by atoms with Crippen molar-refractivity contribution < 1.29 is 13.9 Å². The number of fused-ring (bicyclic) bond motifs is 1. The molecule has 3 rings (SSSR count). The Morgan fingerprint density at radius 2 is 1.88 bits per heavy atom. The van der Waals surface area contributed by atoms with E-state index in [9.17, 15) is 9.18 Å². The van der Waals surface area contributed by atoms with Gasteiger partial charge in [-0.3, -0.25) is 9.78 Å². The number of ether oxygens (including phenoxy) is 1. The number of benzene rings is 2. The molecule has 0 saturated heterocycles. The first-order valence-corrected chi connectivity index (χ1v) is 8.03. The summed E-state index contributed by atoms with van der Waals surface area (Å²) in [5.41, 5.74) is 1.79. The molecule has 128 valence electrons. The second-order valence-corrected chi connectivity index (χ2v) is 5.80. The van der Waals surface area contributed by atoms with Crippen LogP contribution in [0.3, 0.4) is 0 Å². The summed E-state index contributed by atoms with van der Waals surface area (Å²) >= 11 is 0. The molecular formula is C20H19FN2O2. The predicted octanol–water partition coefficient (Wildman–Crippen LogP) is 4.32. The van der Waals surface area contributed by atoms with Gasteiger partial charge >= 0.3 is 0 Å². The van der Waals surface area contributed by atoms with Gasteiger partial charge in [-0.1, -0.05) is 43.3 Å². The summed E-state index contributed by atoms with van der Waals surface area (Å²) in [6.45, 7) is 1.67. The van der Waals surface area contributed by atoms with Gasteiger partial charge in [-0.15, -0.1) is 0 Å². The first-order valence-electron chi connectivity index (χ1n) is 8.03.